The molecule has 0 aliphatic carbocycles. The number of rotatable bonds is 6. The van der Waals surface area contributed by atoms with Gasteiger partial charge in [0.1, 0.15) is 5.82 Å². The lowest BCUT2D eigenvalue weighted by Crippen LogP contribution is -2.30. The monoisotopic (exact) mass is 262 g/mol. The highest BCUT2D eigenvalue weighted by molar-refractivity contribution is 5.87. The van der Waals surface area contributed by atoms with Gasteiger partial charge in [0.05, 0.1) is 11.6 Å². The number of hydrogen-bond acceptors (Lipinski definition) is 5. The van der Waals surface area contributed by atoms with Crippen molar-refractivity contribution in [2.75, 3.05) is 17.2 Å². The van der Waals surface area contributed by atoms with Crippen LogP contribution in [-0.4, -0.2) is 32.2 Å². The summed E-state index contributed by atoms with van der Waals surface area (Å²) in [6.45, 7) is 9.43. The van der Waals surface area contributed by atoms with Gasteiger partial charge in [0.25, 0.3) is 0 Å². The number of aromatic amines is 1. The molecular formula is C13H22N6. The fraction of sp³-hybridized carbons (Fsp3) is 0.615. The third-order valence-electron chi connectivity index (χ3n) is 3.18. The molecule has 2 aromatic rings. The highest BCUT2D eigenvalue weighted by Gasteiger charge is 2.18. The molecule has 0 saturated carbocycles. The summed E-state index contributed by atoms with van der Waals surface area (Å²) in [6, 6.07) is 0. The average Bonchev–Trinajstić information content (AvgIpc) is 2.84. The van der Waals surface area contributed by atoms with Crippen LogP contribution in [0.5, 0.6) is 0 Å². The summed E-state index contributed by atoms with van der Waals surface area (Å²) in [5.74, 6) is 1.46. The van der Waals surface area contributed by atoms with E-state index in [1.807, 2.05) is 0 Å². The van der Waals surface area contributed by atoms with E-state index >= 15 is 0 Å². The molecule has 0 radical (unpaired) electrons. The van der Waals surface area contributed by atoms with Crippen molar-refractivity contribution in [1.29, 1.82) is 0 Å². The minimum atomic E-state index is -0.0133. The van der Waals surface area contributed by atoms with Gasteiger partial charge in [-0.05, 0) is 26.7 Å². The molecule has 2 heterocycles. The number of anilines is 2. The summed E-state index contributed by atoms with van der Waals surface area (Å²) in [6.07, 6.45) is 3.80. The van der Waals surface area contributed by atoms with E-state index in [9.17, 15) is 0 Å². The Kier molecular flexibility index (Phi) is 3.87. The van der Waals surface area contributed by atoms with E-state index in [4.69, 9.17) is 0 Å². The van der Waals surface area contributed by atoms with E-state index < -0.39 is 0 Å². The zero-order valence-corrected chi connectivity index (χ0v) is 12.0. The van der Waals surface area contributed by atoms with Crippen molar-refractivity contribution in [3.05, 3.63) is 6.20 Å². The predicted octanol–water partition coefficient (Wildman–Crippen LogP) is 2.78. The summed E-state index contributed by atoms with van der Waals surface area (Å²) >= 11 is 0. The number of hydrogen-bond donors (Lipinski definition) is 3. The standard InChI is InChI=1S/C13H22N6/c1-5-7-14-12-16-10(18-13(3,4)6-2)9-8-15-19-11(9)17-12/h8H,5-7H2,1-4H3,(H3,14,15,16,17,18,19). The molecule has 0 amide bonds. The van der Waals surface area contributed by atoms with Gasteiger partial charge in [-0.15, -0.1) is 0 Å². The second-order valence-corrected chi connectivity index (χ2v) is 5.32. The Morgan fingerprint density at radius 1 is 1.26 bits per heavy atom. The van der Waals surface area contributed by atoms with Crippen LogP contribution in [0.4, 0.5) is 11.8 Å². The maximum absolute atomic E-state index is 4.55. The SMILES string of the molecule is CCCNc1nc(NC(C)(C)CC)c2cn[nH]c2n1. The van der Waals surface area contributed by atoms with E-state index in [2.05, 4.69) is 58.5 Å². The van der Waals surface area contributed by atoms with Gasteiger partial charge in [0, 0.05) is 12.1 Å². The van der Waals surface area contributed by atoms with E-state index in [-0.39, 0.29) is 5.54 Å². The first-order chi connectivity index (χ1) is 9.05. The first-order valence-electron chi connectivity index (χ1n) is 6.79. The third kappa shape index (κ3) is 3.13. The molecule has 0 aromatic carbocycles. The summed E-state index contributed by atoms with van der Waals surface area (Å²) in [7, 11) is 0. The van der Waals surface area contributed by atoms with Gasteiger partial charge < -0.3 is 10.6 Å². The molecule has 2 rings (SSSR count). The van der Waals surface area contributed by atoms with Gasteiger partial charge >= 0.3 is 0 Å². The second kappa shape index (κ2) is 5.42. The first-order valence-corrected chi connectivity index (χ1v) is 6.79. The summed E-state index contributed by atoms with van der Waals surface area (Å²) in [4.78, 5) is 8.96. The van der Waals surface area contributed by atoms with Crippen LogP contribution >= 0.6 is 0 Å². The Morgan fingerprint density at radius 3 is 2.74 bits per heavy atom. The molecule has 3 N–H and O–H groups in total. The topological polar surface area (TPSA) is 78.5 Å². The van der Waals surface area contributed by atoms with Crippen molar-refractivity contribution in [3.8, 4) is 0 Å². The van der Waals surface area contributed by atoms with E-state index in [0.29, 0.717) is 5.95 Å². The van der Waals surface area contributed by atoms with Crippen LogP contribution in [0.25, 0.3) is 11.0 Å². The lowest BCUT2D eigenvalue weighted by molar-refractivity contribution is 0.545. The zero-order valence-electron chi connectivity index (χ0n) is 12.0. The fourth-order valence-corrected chi connectivity index (χ4v) is 1.65. The highest BCUT2D eigenvalue weighted by atomic mass is 15.2. The largest absolute Gasteiger partial charge is 0.364 e. The Morgan fingerprint density at radius 2 is 2.05 bits per heavy atom. The molecule has 0 saturated heterocycles. The number of aromatic nitrogens is 4. The lowest BCUT2D eigenvalue weighted by atomic mass is 10.0. The summed E-state index contributed by atoms with van der Waals surface area (Å²) in [5.41, 5.74) is 0.739. The summed E-state index contributed by atoms with van der Waals surface area (Å²) < 4.78 is 0. The smallest absolute Gasteiger partial charge is 0.226 e. The molecule has 0 atom stereocenters. The number of nitrogens with zero attached hydrogens (tertiary/aromatic N) is 3. The first kappa shape index (κ1) is 13.6. The number of H-pyrrole nitrogens is 1. The van der Waals surface area contributed by atoms with Crippen LogP contribution < -0.4 is 10.6 Å². The molecule has 6 heteroatoms. The Hall–Kier alpha value is -1.85. The van der Waals surface area contributed by atoms with Crippen molar-refractivity contribution < 1.29 is 0 Å². The second-order valence-electron chi connectivity index (χ2n) is 5.32. The molecule has 0 aliphatic rings. The molecule has 0 fully saturated rings. The minimum absolute atomic E-state index is 0.0133. The molecule has 19 heavy (non-hydrogen) atoms. The maximum atomic E-state index is 4.55. The molecule has 0 spiro atoms. The van der Waals surface area contributed by atoms with Crippen LogP contribution in [0.15, 0.2) is 6.20 Å². The average molecular weight is 262 g/mol. The van der Waals surface area contributed by atoms with Crippen molar-refractivity contribution in [2.45, 2.75) is 46.1 Å². The molecule has 2 aromatic heterocycles. The van der Waals surface area contributed by atoms with Gasteiger partial charge in [-0.1, -0.05) is 13.8 Å². The van der Waals surface area contributed by atoms with Crippen molar-refractivity contribution >= 4 is 22.8 Å². The Labute approximate surface area is 113 Å². The van der Waals surface area contributed by atoms with Gasteiger partial charge in [0.2, 0.25) is 5.95 Å². The Bertz CT molecular complexity index is 545. The zero-order chi connectivity index (χ0) is 13.9. The van der Waals surface area contributed by atoms with Crippen LogP contribution in [-0.2, 0) is 0 Å². The van der Waals surface area contributed by atoms with Crippen molar-refractivity contribution in [2.24, 2.45) is 0 Å². The number of fused-ring (bicyclic) bond motifs is 1. The minimum Gasteiger partial charge on any atom is -0.364 e. The molecule has 6 nitrogen and oxygen atoms in total. The van der Waals surface area contributed by atoms with Crippen molar-refractivity contribution in [3.63, 3.8) is 0 Å². The third-order valence-corrected chi connectivity index (χ3v) is 3.18. The van der Waals surface area contributed by atoms with Gasteiger partial charge in [0.15, 0.2) is 5.65 Å². The van der Waals surface area contributed by atoms with Gasteiger partial charge in [-0.25, -0.2) is 0 Å². The van der Waals surface area contributed by atoms with Crippen LogP contribution in [0.2, 0.25) is 0 Å². The maximum Gasteiger partial charge on any atom is 0.226 e. The molecular weight excluding hydrogens is 240 g/mol. The fourth-order valence-electron chi connectivity index (χ4n) is 1.65. The van der Waals surface area contributed by atoms with Crippen LogP contribution in [0, 0.1) is 0 Å². The molecule has 0 bridgehead atoms. The molecule has 0 unspecified atom stereocenters. The Balaban J connectivity index is 2.36. The van der Waals surface area contributed by atoms with E-state index in [0.717, 1.165) is 36.2 Å². The van der Waals surface area contributed by atoms with E-state index in [1.54, 1.807) is 6.20 Å². The predicted molar refractivity (Wildman–Crippen MR) is 78.5 cm³/mol. The lowest BCUT2D eigenvalue weighted by Gasteiger charge is -2.25. The van der Waals surface area contributed by atoms with Crippen LogP contribution in [0.3, 0.4) is 0 Å². The highest BCUT2D eigenvalue weighted by Crippen LogP contribution is 2.24. The van der Waals surface area contributed by atoms with E-state index in [1.165, 1.54) is 0 Å². The van der Waals surface area contributed by atoms with Crippen LogP contribution in [0.1, 0.15) is 40.5 Å². The summed E-state index contributed by atoms with van der Waals surface area (Å²) in [5, 5.41) is 14.5. The molecule has 0 aliphatic heterocycles. The van der Waals surface area contributed by atoms with Gasteiger partial charge in [-0.3, -0.25) is 5.10 Å². The normalized spacial score (nSPS) is 11.8. The molecule has 104 valence electrons. The van der Waals surface area contributed by atoms with Crippen molar-refractivity contribution in [1.82, 2.24) is 20.2 Å². The quantitative estimate of drug-likeness (QED) is 0.746. The van der Waals surface area contributed by atoms with Gasteiger partial charge in [-0.2, -0.15) is 15.1 Å². The number of nitrogens with one attached hydrogen (secondary N) is 3.